The molecule has 1 heterocycles. The van der Waals surface area contributed by atoms with Crippen molar-refractivity contribution in [1.29, 1.82) is 0 Å². The molecule has 1 fully saturated rings. The molecular formula is C13H17ClF2N2O. The number of benzene rings is 1. The first-order valence-corrected chi connectivity index (χ1v) is 6.06. The first kappa shape index (κ1) is 15.9. The minimum atomic E-state index is -0.627. The molecule has 0 aliphatic carbocycles. The molecule has 0 radical (unpaired) electrons. The lowest BCUT2D eigenvalue weighted by atomic mass is 10.0. The van der Waals surface area contributed by atoms with E-state index in [4.69, 9.17) is 0 Å². The van der Waals surface area contributed by atoms with Crippen LogP contribution in [-0.4, -0.2) is 19.0 Å². The van der Waals surface area contributed by atoms with Crippen LogP contribution in [0.15, 0.2) is 18.2 Å². The Kier molecular flexibility index (Phi) is 6.18. The monoisotopic (exact) mass is 290 g/mol. The zero-order chi connectivity index (χ0) is 13.0. The number of rotatable bonds is 4. The molecule has 1 aromatic rings. The minimum absolute atomic E-state index is 0. The van der Waals surface area contributed by atoms with Crippen molar-refractivity contribution in [3.05, 3.63) is 35.4 Å². The molecule has 3 nitrogen and oxygen atoms in total. The third-order valence-corrected chi connectivity index (χ3v) is 3.13. The highest BCUT2D eigenvalue weighted by atomic mass is 35.5. The number of carbonyl (C=O) groups excluding carboxylic acids is 1. The van der Waals surface area contributed by atoms with Gasteiger partial charge in [-0.05, 0) is 31.5 Å². The summed E-state index contributed by atoms with van der Waals surface area (Å²) in [6.45, 7) is 1.91. The molecule has 6 heteroatoms. The van der Waals surface area contributed by atoms with Crippen LogP contribution >= 0.6 is 12.4 Å². The molecule has 106 valence electrons. The highest BCUT2D eigenvalue weighted by molar-refractivity contribution is 5.85. The molecule has 1 amide bonds. The first-order chi connectivity index (χ1) is 8.65. The smallest absolute Gasteiger partial charge is 0.220 e. The SMILES string of the molecule is Cl.O=C(CC1CCNC1)NCc1ccc(F)cc1F. The molecule has 0 spiro atoms. The molecule has 1 saturated heterocycles. The van der Waals surface area contributed by atoms with Gasteiger partial charge in [-0.25, -0.2) is 8.78 Å². The van der Waals surface area contributed by atoms with Gasteiger partial charge in [0.2, 0.25) is 5.91 Å². The van der Waals surface area contributed by atoms with Crippen molar-refractivity contribution in [2.24, 2.45) is 5.92 Å². The molecule has 2 rings (SSSR count). The van der Waals surface area contributed by atoms with Gasteiger partial charge in [-0.1, -0.05) is 6.07 Å². The summed E-state index contributed by atoms with van der Waals surface area (Å²) < 4.78 is 26.0. The van der Waals surface area contributed by atoms with Crippen molar-refractivity contribution >= 4 is 18.3 Å². The minimum Gasteiger partial charge on any atom is -0.352 e. The van der Waals surface area contributed by atoms with Gasteiger partial charge in [-0.15, -0.1) is 12.4 Å². The zero-order valence-electron chi connectivity index (χ0n) is 10.4. The summed E-state index contributed by atoms with van der Waals surface area (Å²) in [6, 6.07) is 3.36. The fourth-order valence-electron chi connectivity index (χ4n) is 2.08. The van der Waals surface area contributed by atoms with Gasteiger partial charge in [0.25, 0.3) is 0 Å². The van der Waals surface area contributed by atoms with E-state index in [0.29, 0.717) is 17.9 Å². The molecule has 2 N–H and O–H groups in total. The predicted molar refractivity (Wildman–Crippen MR) is 71.0 cm³/mol. The standard InChI is InChI=1S/C13H16F2N2O.ClH/c14-11-2-1-10(12(15)6-11)8-17-13(18)5-9-3-4-16-7-9;/h1-2,6,9,16H,3-5,7-8H2,(H,17,18);1H. The molecule has 19 heavy (non-hydrogen) atoms. The van der Waals surface area contributed by atoms with Crippen LogP contribution in [-0.2, 0) is 11.3 Å². The Bertz CT molecular complexity index is 437. The summed E-state index contributed by atoms with van der Waals surface area (Å²) in [5, 5.41) is 5.84. The number of hydrogen-bond acceptors (Lipinski definition) is 2. The molecule has 1 aliphatic rings. The molecule has 1 aliphatic heterocycles. The van der Waals surface area contributed by atoms with E-state index in [9.17, 15) is 13.6 Å². The van der Waals surface area contributed by atoms with Crippen LogP contribution < -0.4 is 10.6 Å². The maximum absolute atomic E-state index is 13.3. The van der Waals surface area contributed by atoms with E-state index in [1.165, 1.54) is 12.1 Å². The fourth-order valence-corrected chi connectivity index (χ4v) is 2.08. The van der Waals surface area contributed by atoms with Crippen molar-refractivity contribution in [2.75, 3.05) is 13.1 Å². The summed E-state index contributed by atoms with van der Waals surface area (Å²) in [5.74, 6) is -0.965. The Balaban J connectivity index is 0.00000180. The molecule has 1 atom stereocenters. The van der Waals surface area contributed by atoms with Gasteiger partial charge in [0.1, 0.15) is 11.6 Å². The van der Waals surface area contributed by atoms with Gasteiger partial charge < -0.3 is 10.6 Å². The summed E-state index contributed by atoms with van der Waals surface area (Å²) in [5.41, 5.74) is 0.300. The van der Waals surface area contributed by atoms with E-state index >= 15 is 0 Å². The highest BCUT2D eigenvalue weighted by Crippen LogP contribution is 2.12. The summed E-state index contributed by atoms with van der Waals surface area (Å²) in [6.07, 6.45) is 1.45. The number of nitrogens with one attached hydrogen (secondary N) is 2. The van der Waals surface area contributed by atoms with Crippen molar-refractivity contribution in [3.63, 3.8) is 0 Å². The summed E-state index contributed by atoms with van der Waals surface area (Å²) >= 11 is 0. The number of halogens is 3. The Morgan fingerprint density at radius 3 is 2.84 bits per heavy atom. The van der Waals surface area contributed by atoms with E-state index in [1.807, 2.05) is 0 Å². The summed E-state index contributed by atoms with van der Waals surface area (Å²) in [7, 11) is 0. The molecule has 0 aromatic heterocycles. The average Bonchev–Trinajstić information content (AvgIpc) is 2.80. The second-order valence-electron chi connectivity index (χ2n) is 4.58. The van der Waals surface area contributed by atoms with Gasteiger partial charge in [-0.2, -0.15) is 0 Å². The van der Waals surface area contributed by atoms with Crippen molar-refractivity contribution < 1.29 is 13.6 Å². The van der Waals surface area contributed by atoms with E-state index in [1.54, 1.807) is 0 Å². The molecule has 0 saturated carbocycles. The quantitative estimate of drug-likeness (QED) is 0.890. The number of amides is 1. The highest BCUT2D eigenvalue weighted by Gasteiger charge is 2.17. The van der Waals surface area contributed by atoms with Gasteiger partial charge in [0, 0.05) is 24.6 Å². The molecule has 1 unspecified atom stereocenters. The maximum atomic E-state index is 13.3. The lowest BCUT2D eigenvalue weighted by molar-refractivity contribution is -0.122. The fraction of sp³-hybridized carbons (Fsp3) is 0.462. The predicted octanol–water partition coefficient (Wildman–Crippen LogP) is 2.00. The topological polar surface area (TPSA) is 41.1 Å². The number of carbonyl (C=O) groups is 1. The lowest BCUT2D eigenvalue weighted by Crippen LogP contribution is -2.26. The zero-order valence-corrected chi connectivity index (χ0v) is 11.2. The Morgan fingerprint density at radius 2 is 2.21 bits per heavy atom. The van der Waals surface area contributed by atoms with Gasteiger partial charge in [0.15, 0.2) is 0 Å². The molecule has 1 aromatic carbocycles. The lowest BCUT2D eigenvalue weighted by Gasteiger charge is -2.09. The normalized spacial score (nSPS) is 17.9. The Labute approximate surface area is 117 Å². The van der Waals surface area contributed by atoms with Crippen LogP contribution in [0.5, 0.6) is 0 Å². The van der Waals surface area contributed by atoms with E-state index in [-0.39, 0.29) is 24.9 Å². The van der Waals surface area contributed by atoms with Crippen LogP contribution in [0.1, 0.15) is 18.4 Å². The second-order valence-corrected chi connectivity index (χ2v) is 4.58. The largest absolute Gasteiger partial charge is 0.352 e. The van der Waals surface area contributed by atoms with Crippen LogP contribution in [0.3, 0.4) is 0 Å². The second kappa shape index (κ2) is 7.40. The van der Waals surface area contributed by atoms with E-state index < -0.39 is 11.6 Å². The maximum Gasteiger partial charge on any atom is 0.220 e. The van der Waals surface area contributed by atoms with Crippen LogP contribution in [0.4, 0.5) is 8.78 Å². The van der Waals surface area contributed by atoms with Crippen LogP contribution in [0.25, 0.3) is 0 Å². The van der Waals surface area contributed by atoms with E-state index in [2.05, 4.69) is 10.6 Å². The average molecular weight is 291 g/mol. The van der Waals surface area contributed by atoms with Crippen LogP contribution in [0, 0.1) is 17.6 Å². The molecule has 0 bridgehead atoms. The third-order valence-electron chi connectivity index (χ3n) is 3.13. The Morgan fingerprint density at radius 1 is 1.42 bits per heavy atom. The van der Waals surface area contributed by atoms with Gasteiger partial charge >= 0.3 is 0 Å². The Hall–Kier alpha value is -1.20. The van der Waals surface area contributed by atoms with E-state index in [0.717, 1.165) is 25.6 Å². The van der Waals surface area contributed by atoms with Gasteiger partial charge in [0.05, 0.1) is 0 Å². The first-order valence-electron chi connectivity index (χ1n) is 6.06. The van der Waals surface area contributed by atoms with Crippen LogP contribution in [0.2, 0.25) is 0 Å². The van der Waals surface area contributed by atoms with Crippen molar-refractivity contribution in [2.45, 2.75) is 19.4 Å². The van der Waals surface area contributed by atoms with Crippen molar-refractivity contribution in [1.82, 2.24) is 10.6 Å². The number of hydrogen-bond donors (Lipinski definition) is 2. The molecular weight excluding hydrogens is 274 g/mol. The van der Waals surface area contributed by atoms with Gasteiger partial charge in [-0.3, -0.25) is 4.79 Å². The summed E-state index contributed by atoms with van der Waals surface area (Å²) in [4.78, 5) is 11.6. The van der Waals surface area contributed by atoms with Crippen molar-refractivity contribution in [3.8, 4) is 0 Å². The third kappa shape index (κ3) is 4.76.